The van der Waals surface area contributed by atoms with Gasteiger partial charge >= 0.3 is 0 Å². The molecule has 0 saturated heterocycles. The molecule has 0 aromatic heterocycles. The van der Waals surface area contributed by atoms with Gasteiger partial charge in [0.25, 0.3) is 5.91 Å². The summed E-state index contributed by atoms with van der Waals surface area (Å²) in [6.07, 6.45) is 2.00. The minimum absolute atomic E-state index is 0.111. The van der Waals surface area contributed by atoms with Crippen LogP contribution in [0, 0.1) is 0 Å². The lowest BCUT2D eigenvalue weighted by Gasteiger charge is -2.30. The van der Waals surface area contributed by atoms with Crippen LogP contribution in [0.5, 0.6) is 11.5 Å². The van der Waals surface area contributed by atoms with Gasteiger partial charge in [0.1, 0.15) is 11.5 Å². The number of hydrogen-bond donors (Lipinski definition) is 0. The molecule has 0 saturated carbocycles. The number of rotatable bonds is 7. The lowest BCUT2D eigenvalue weighted by molar-refractivity contribution is -0.144. The van der Waals surface area contributed by atoms with Crippen molar-refractivity contribution in [3.63, 3.8) is 0 Å². The van der Waals surface area contributed by atoms with Crippen LogP contribution in [0.3, 0.4) is 0 Å². The average Bonchev–Trinajstić information content (AvgIpc) is 2.62. The zero-order chi connectivity index (χ0) is 19.3. The van der Waals surface area contributed by atoms with E-state index in [1.165, 1.54) is 0 Å². The number of benzene rings is 2. The second-order valence-electron chi connectivity index (χ2n) is 6.42. The Labute approximate surface area is 164 Å². The monoisotopic (exact) mass is 393 g/mol. The number of carbonyl (C=O) groups is 1. The lowest BCUT2D eigenvalue weighted by atomic mass is 10.1. The minimum atomic E-state index is -0.994. The summed E-state index contributed by atoms with van der Waals surface area (Å²) in [5, 5.41) is 0.626. The predicted molar refractivity (Wildman–Crippen MR) is 107 cm³/mol. The van der Waals surface area contributed by atoms with Crippen LogP contribution in [0.2, 0.25) is 5.02 Å². The number of halogens is 1. The minimum Gasteiger partial charge on any atom is -0.496 e. The smallest absolute Gasteiger partial charge is 0.266 e. The molecule has 0 bridgehead atoms. The van der Waals surface area contributed by atoms with Crippen molar-refractivity contribution in [3.8, 4) is 11.5 Å². The van der Waals surface area contributed by atoms with Crippen molar-refractivity contribution < 1.29 is 14.3 Å². The zero-order valence-electron chi connectivity index (χ0n) is 15.7. The standard InChI is InChI=1S/C20H24ClNO3S/c1-20(2,25-16-9-7-15(21)8-10-16)19(23)22(3)13-14-6-11-18(26-5)17(12-14)24-4/h6-12H,13H2,1-5H3. The largest absolute Gasteiger partial charge is 0.496 e. The molecule has 0 aliphatic heterocycles. The number of methoxy groups -OCH3 is 1. The highest BCUT2D eigenvalue weighted by atomic mass is 35.5. The van der Waals surface area contributed by atoms with Crippen LogP contribution in [-0.2, 0) is 11.3 Å². The SMILES string of the molecule is COc1cc(CN(C)C(=O)C(C)(C)Oc2ccc(Cl)cc2)ccc1SC. The number of ether oxygens (including phenoxy) is 2. The molecular weight excluding hydrogens is 370 g/mol. The van der Waals surface area contributed by atoms with Crippen molar-refractivity contribution in [2.24, 2.45) is 0 Å². The summed E-state index contributed by atoms with van der Waals surface area (Å²) < 4.78 is 11.3. The van der Waals surface area contributed by atoms with Gasteiger partial charge in [0, 0.05) is 23.5 Å². The van der Waals surface area contributed by atoms with E-state index in [1.807, 2.05) is 24.5 Å². The van der Waals surface area contributed by atoms with Crippen LogP contribution in [0.4, 0.5) is 0 Å². The van der Waals surface area contributed by atoms with Crippen molar-refractivity contribution >= 4 is 29.3 Å². The molecule has 0 heterocycles. The molecule has 4 nitrogen and oxygen atoms in total. The van der Waals surface area contributed by atoms with E-state index in [0.29, 0.717) is 17.3 Å². The van der Waals surface area contributed by atoms with Crippen molar-refractivity contribution in [1.82, 2.24) is 4.90 Å². The molecule has 140 valence electrons. The number of amides is 1. The number of hydrogen-bond acceptors (Lipinski definition) is 4. The molecule has 2 aromatic carbocycles. The third kappa shape index (κ3) is 5.08. The zero-order valence-corrected chi connectivity index (χ0v) is 17.3. The van der Waals surface area contributed by atoms with E-state index in [9.17, 15) is 4.79 Å². The summed E-state index contributed by atoms with van der Waals surface area (Å²) in [5.74, 6) is 1.31. The fraction of sp³-hybridized carbons (Fsp3) is 0.350. The number of likely N-dealkylation sites (N-methyl/N-ethyl adjacent to an activating group) is 1. The first-order valence-corrected chi connectivity index (χ1v) is 9.78. The van der Waals surface area contributed by atoms with Gasteiger partial charge in [-0.15, -0.1) is 11.8 Å². The van der Waals surface area contributed by atoms with Crippen LogP contribution in [-0.4, -0.2) is 36.8 Å². The molecule has 2 aromatic rings. The van der Waals surface area contributed by atoms with Gasteiger partial charge in [0.2, 0.25) is 0 Å². The van der Waals surface area contributed by atoms with E-state index in [4.69, 9.17) is 21.1 Å². The third-order valence-corrected chi connectivity index (χ3v) is 4.95. The summed E-state index contributed by atoms with van der Waals surface area (Å²) in [5.41, 5.74) is 0.00379. The summed E-state index contributed by atoms with van der Waals surface area (Å²) in [6.45, 7) is 3.99. The van der Waals surface area contributed by atoms with Gasteiger partial charge < -0.3 is 14.4 Å². The second kappa shape index (κ2) is 8.69. The number of thioether (sulfide) groups is 1. The van der Waals surface area contributed by atoms with E-state index in [2.05, 4.69) is 0 Å². The molecule has 0 spiro atoms. The molecule has 26 heavy (non-hydrogen) atoms. The maximum atomic E-state index is 12.9. The first-order valence-electron chi connectivity index (χ1n) is 8.18. The van der Waals surface area contributed by atoms with Crippen LogP contribution in [0.25, 0.3) is 0 Å². The highest BCUT2D eigenvalue weighted by molar-refractivity contribution is 7.98. The molecular formula is C20H24ClNO3S. The Bertz CT molecular complexity index is 762. The summed E-state index contributed by atoms with van der Waals surface area (Å²) in [4.78, 5) is 15.6. The Kier molecular flexibility index (Phi) is 6.84. The molecule has 1 amide bonds. The second-order valence-corrected chi connectivity index (χ2v) is 7.70. The van der Waals surface area contributed by atoms with Crippen LogP contribution in [0.15, 0.2) is 47.4 Å². The van der Waals surface area contributed by atoms with Crippen molar-refractivity contribution in [3.05, 3.63) is 53.1 Å². The van der Waals surface area contributed by atoms with Gasteiger partial charge in [0.15, 0.2) is 5.60 Å². The number of carbonyl (C=O) groups excluding carboxylic acids is 1. The maximum absolute atomic E-state index is 12.9. The first-order chi connectivity index (χ1) is 12.3. The van der Waals surface area contributed by atoms with E-state index >= 15 is 0 Å². The van der Waals surface area contributed by atoms with Crippen LogP contribution in [0.1, 0.15) is 19.4 Å². The Balaban J connectivity index is 2.09. The fourth-order valence-corrected chi connectivity index (χ4v) is 3.30. The Morgan fingerprint density at radius 3 is 2.42 bits per heavy atom. The summed E-state index contributed by atoms with van der Waals surface area (Å²) in [7, 11) is 3.42. The summed E-state index contributed by atoms with van der Waals surface area (Å²) in [6, 6.07) is 13.0. The molecule has 0 radical (unpaired) electrons. The van der Waals surface area contributed by atoms with Crippen LogP contribution < -0.4 is 9.47 Å². The Morgan fingerprint density at radius 1 is 1.19 bits per heavy atom. The average molecular weight is 394 g/mol. The van der Waals surface area contributed by atoms with Gasteiger partial charge in [-0.1, -0.05) is 17.7 Å². The highest BCUT2D eigenvalue weighted by Gasteiger charge is 2.32. The van der Waals surface area contributed by atoms with E-state index in [-0.39, 0.29) is 5.91 Å². The maximum Gasteiger partial charge on any atom is 0.266 e. The topological polar surface area (TPSA) is 38.8 Å². The Hall–Kier alpha value is -1.85. The van der Waals surface area contributed by atoms with E-state index < -0.39 is 5.60 Å². The van der Waals surface area contributed by atoms with Crippen LogP contribution >= 0.6 is 23.4 Å². The van der Waals surface area contributed by atoms with E-state index in [0.717, 1.165) is 16.2 Å². The van der Waals surface area contributed by atoms with Gasteiger partial charge in [-0.3, -0.25) is 4.79 Å². The van der Waals surface area contributed by atoms with Gasteiger partial charge in [0.05, 0.1) is 7.11 Å². The molecule has 0 fully saturated rings. The fourth-order valence-electron chi connectivity index (χ4n) is 2.63. The van der Waals surface area contributed by atoms with Crippen molar-refractivity contribution in [2.45, 2.75) is 30.9 Å². The third-order valence-electron chi connectivity index (χ3n) is 3.92. The molecule has 2 rings (SSSR count). The van der Waals surface area contributed by atoms with Crippen molar-refractivity contribution in [2.75, 3.05) is 20.4 Å². The molecule has 0 atom stereocenters. The Morgan fingerprint density at radius 2 is 1.85 bits per heavy atom. The molecule has 0 aliphatic rings. The molecule has 0 unspecified atom stereocenters. The first kappa shape index (κ1) is 20.5. The lowest BCUT2D eigenvalue weighted by Crippen LogP contribution is -2.47. The molecule has 6 heteroatoms. The summed E-state index contributed by atoms with van der Waals surface area (Å²) >= 11 is 7.52. The number of nitrogens with zero attached hydrogens (tertiary/aromatic N) is 1. The van der Waals surface area contributed by atoms with Crippen molar-refractivity contribution in [1.29, 1.82) is 0 Å². The molecule has 0 N–H and O–H groups in total. The highest BCUT2D eigenvalue weighted by Crippen LogP contribution is 2.29. The van der Waals surface area contributed by atoms with Gasteiger partial charge in [-0.25, -0.2) is 0 Å². The van der Waals surface area contributed by atoms with E-state index in [1.54, 1.807) is 68.9 Å². The quantitative estimate of drug-likeness (QED) is 0.628. The van der Waals surface area contributed by atoms with Gasteiger partial charge in [-0.2, -0.15) is 0 Å². The normalized spacial score (nSPS) is 11.2. The predicted octanol–water partition coefficient (Wildman–Crippen LogP) is 4.89. The molecule has 0 aliphatic carbocycles. The van der Waals surface area contributed by atoms with Gasteiger partial charge in [-0.05, 0) is 62.1 Å².